The predicted molar refractivity (Wildman–Crippen MR) is 75.7 cm³/mol. The molecular formula is C14H30N2O2. The molecule has 3 N–H and O–H groups in total. The van der Waals surface area contributed by atoms with Gasteiger partial charge in [0, 0.05) is 11.1 Å². The lowest BCUT2D eigenvalue weighted by atomic mass is 9.91. The summed E-state index contributed by atoms with van der Waals surface area (Å²) in [6, 6.07) is -0.448. The Balaban J connectivity index is 5.07. The zero-order valence-corrected chi connectivity index (χ0v) is 12.8. The molecule has 0 rings (SSSR count). The summed E-state index contributed by atoms with van der Waals surface area (Å²) in [7, 11) is 0. The molecule has 0 aliphatic heterocycles. The standard InChI is InChI=1S/C14H30N2O2/c1-13(2,3)16(14(4,5)6)11(12(17)18)9-7-8-10-15/h11H,7-10,15H2,1-6H3,(H,17,18)/t11-/m0/s1. The van der Waals surface area contributed by atoms with Crippen molar-refractivity contribution in [3.63, 3.8) is 0 Å². The molecule has 0 saturated carbocycles. The molecule has 1 atom stereocenters. The van der Waals surface area contributed by atoms with E-state index in [1.54, 1.807) is 0 Å². The van der Waals surface area contributed by atoms with Crippen LogP contribution in [-0.4, -0.2) is 39.6 Å². The van der Waals surface area contributed by atoms with Crippen molar-refractivity contribution in [2.45, 2.75) is 77.9 Å². The Kier molecular flexibility index (Phi) is 6.30. The third-order valence-electron chi connectivity index (χ3n) is 2.97. The summed E-state index contributed by atoms with van der Waals surface area (Å²) >= 11 is 0. The highest BCUT2D eigenvalue weighted by Crippen LogP contribution is 2.29. The molecule has 0 spiro atoms. The minimum Gasteiger partial charge on any atom is -0.480 e. The SMILES string of the molecule is CC(C)(C)N([C@@H](CCCCN)C(=O)O)C(C)(C)C. The zero-order chi connectivity index (χ0) is 14.6. The van der Waals surface area contributed by atoms with Gasteiger partial charge >= 0.3 is 5.97 Å². The lowest BCUT2D eigenvalue weighted by molar-refractivity contribution is -0.150. The fourth-order valence-electron chi connectivity index (χ4n) is 2.79. The van der Waals surface area contributed by atoms with Crippen LogP contribution in [0.25, 0.3) is 0 Å². The lowest BCUT2D eigenvalue weighted by Crippen LogP contribution is -2.59. The summed E-state index contributed by atoms with van der Waals surface area (Å²) in [6.07, 6.45) is 2.39. The maximum Gasteiger partial charge on any atom is 0.320 e. The molecule has 0 aliphatic carbocycles. The second-order valence-electron chi connectivity index (χ2n) is 6.85. The van der Waals surface area contributed by atoms with Crippen LogP contribution in [0.3, 0.4) is 0 Å². The predicted octanol–water partition coefficient (Wildman–Crippen LogP) is 2.47. The molecule has 0 unspecified atom stereocenters. The Morgan fingerprint density at radius 2 is 1.56 bits per heavy atom. The highest BCUT2D eigenvalue weighted by Gasteiger charge is 2.40. The van der Waals surface area contributed by atoms with Gasteiger partial charge in [0.2, 0.25) is 0 Å². The number of rotatable bonds is 6. The number of carboxylic acids is 1. The normalized spacial score (nSPS) is 14.9. The van der Waals surface area contributed by atoms with E-state index in [4.69, 9.17) is 5.73 Å². The number of carboxylic acid groups (broad SMARTS) is 1. The van der Waals surface area contributed by atoms with Crippen molar-refractivity contribution < 1.29 is 9.90 Å². The van der Waals surface area contributed by atoms with Crippen LogP contribution in [0, 0.1) is 0 Å². The first kappa shape index (κ1) is 17.4. The topological polar surface area (TPSA) is 66.6 Å². The van der Waals surface area contributed by atoms with Crippen LogP contribution in [0.2, 0.25) is 0 Å². The van der Waals surface area contributed by atoms with E-state index in [0.717, 1.165) is 12.8 Å². The molecule has 0 radical (unpaired) electrons. The summed E-state index contributed by atoms with van der Waals surface area (Å²) in [4.78, 5) is 13.7. The van der Waals surface area contributed by atoms with Crippen molar-refractivity contribution in [1.82, 2.24) is 4.90 Å². The van der Waals surface area contributed by atoms with Crippen molar-refractivity contribution in [3.8, 4) is 0 Å². The van der Waals surface area contributed by atoms with Crippen molar-refractivity contribution in [2.24, 2.45) is 5.73 Å². The summed E-state index contributed by atoms with van der Waals surface area (Å²) in [5.41, 5.74) is 5.12. The van der Waals surface area contributed by atoms with E-state index in [1.807, 2.05) is 0 Å². The Morgan fingerprint density at radius 3 is 1.83 bits per heavy atom. The monoisotopic (exact) mass is 258 g/mol. The van der Waals surface area contributed by atoms with Crippen LogP contribution in [0.1, 0.15) is 60.8 Å². The first-order valence-corrected chi connectivity index (χ1v) is 6.74. The molecule has 0 aliphatic rings. The van der Waals surface area contributed by atoms with E-state index >= 15 is 0 Å². The molecule has 0 aromatic carbocycles. The van der Waals surface area contributed by atoms with Crippen molar-refractivity contribution in [1.29, 1.82) is 0 Å². The van der Waals surface area contributed by atoms with Crippen LogP contribution in [-0.2, 0) is 4.79 Å². The summed E-state index contributed by atoms with van der Waals surface area (Å²) in [5.74, 6) is -0.739. The molecule has 0 bridgehead atoms. The van der Waals surface area contributed by atoms with Crippen molar-refractivity contribution >= 4 is 5.97 Å². The number of aliphatic carboxylic acids is 1. The maximum atomic E-state index is 11.6. The van der Waals surface area contributed by atoms with E-state index in [0.29, 0.717) is 13.0 Å². The lowest BCUT2D eigenvalue weighted by Gasteiger charge is -2.48. The Labute approximate surface area is 112 Å². The molecule has 0 aromatic rings. The van der Waals surface area contributed by atoms with E-state index < -0.39 is 12.0 Å². The van der Waals surface area contributed by atoms with Gasteiger partial charge in [0.15, 0.2) is 0 Å². The third kappa shape index (κ3) is 5.36. The second kappa shape index (κ2) is 6.53. The smallest absolute Gasteiger partial charge is 0.320 e. The quantitative estimate of drug-likeness (QED) is 0.718. The minimum absolute atomic E-state index is 0.177. The first-order chi connectivity index (χ1) is 8.01. The van der Waals surface area contributed by atoms with Gasteiger partial charge < -0.3 is 10.8 Å². The van der Waals surface area contributed by atoms with E-state index in [-0.39, 0.29) is 11.1 Å². The number of unbranched alkanes of at least 4 members (excludes halogenated alkanes) is 1. The number of nitrogens with two attached hydrogens (primary N) is 1. The number of carbonyl (C=O) groups is 1. The molecule has 0 saturated heterocycles. The number of hydrogen-bond donors (Lipinski definition) is 2. The molecule has 4 heteroatoms. The molecule has 108 valence electrons. The Bertz CT molecular complexity index is 250. The zero-order valence-electron chi connectivity index (χ0n) is 12.8. The molecule has 0 aromatic heterocycles. The van der Waals surface area contributed by atoms with Crippen LogP contribution in [0.4, 0.5) is 0 Å². The Morgan fingerprint density at radius 1 is 1.11 bits per heavy atom. The van der Waals surface area contributed by atoms with Gasteiger partial charge in [-0.2, -0.15) is 0 Å². The minimum atomic E-state index is -0.739. The van der Waals surface area contributed by atoms with Gasteiger partial charge in [0.1, 0.15) is 6.04 Å². The average molecular weight is 258 g/mol. The van der Waals surface area contributed by atoms with E-state index in [1.165, 1.54) is 0 Å². The summed E-state index contributed by atoms with van der Waals surface area (Å²) < 4.78 is 0. The van der Waals surface area contributed by atoms with E-state index in [2.05, 4.69) is 46.4 Å². The number of hydrogen-bond acceptors (Lipinski definition) is 3. The molecule has 4 nitrogen and oxygen atoms in total. The van der Waals surface area contributed by atoms with Gasteiger partial charge in [0.05, 0.1) is 0 Å². The fourth-order valence-corrected chi connectivity index (χ4v) is 2.79. The highest BCUT2D eigenvalue weighted by molar-refractivity contribution is 5.73. The highest BCUT2D eigenvalue weighted by atomic mass is 16.4. The van der Waals surface area contributed by atoms with Crippen LogP contribution < -0.4 is 5.73 Å². The fraction of sp³-hybridized carbons (Fsp3) is 0.929. The molecule has 18 heavy (non-hydrogen) atoms. The molecular weight excluding hydrogens is 228 g/mol. The molecule has 0 amide bonds. The van der Waals surface area contributed by atoms with Gasteiger partial charge in [-0.15, -0.1) is 0 Å². The Hall–Kier alpha value is -0.610. The van der Waals surface area contributed by atoms with Crippen LogP contribution >= 0.6 is 0 Å². The largest absolute Gasteiger partial charge is 0.480 e. The molecule has 0 fully saturated rings. The van der Waals surface area contributed by atoms with Gasteiger partial charge in [-0.3, -0.25) is 9.69 Å². The summed E-state index contributed by atoms with van der Waals surface area (Å²) in [6.45, 7) is 13.0. The molecule has 0 heterocycles. The van der Waals surface area contributed by atoms with Crippen molar-refractivity contribution in [2.75, 3.05) is 6.54 Å². The van der Waals surface area contributed by atoms with Gasteiger partial charge in [-0.1, -0.05) is 6.42 Å². The average Bonchev–Trinajstić information content (AvgIpc) is 2.11. The summed E-state index contributed by atoms with van der Waals surface area (Å²) in [5, 5.41) is 9.50. The first-order valence-electron chi connectivity index (χ1n) is 6.74. The van der Waals surface area contributed by atoms with Gasteiger partial charge in [-0.25, -0.2) is 0 Å². The maximum absolute atomic E-state index is 11.6. The third-order valence-corrected chi connectivity index (χ3v) is 2.97. The van der Waals surface area contributed by atoms with E-state index in [9.17, 15) is 9.90 Å². The van der Waals surface area contributed by atoms with Crippen LogP contribution in [0.5, 0.6) is 0 Å². The second-order valence-corrected chi connectivity index (χ2v) is 6.85. The van der Waals surface area contributed by atoms with Gasteiger partial charge in [-0.05, 0) is 60.9 Å². The number of nitrogens with zero attached hydrogens (tertiary/aromatic N) is 1. The van der Waals surface area contributed by atoms with Crippen LogP contribution in [0.15, 0.2) is 0 Å². The van der Waals surface area contributed by atoms with Crippen molar-refractivity contribution in [3.05, 3.63) is 0 Å². The van der Waals surface area contributed by atoms with Gasteiger partial charge in [0.25, 0.3) is 0 Å².